The van der Waals surface area contributed by atoms with E-state index in [0.717, 1.165) is 0 Å². The molecule has 1 aromatic heterocycles. The lowest BCUT2D eigenvalue weighted by molar-refractivity contribution is -0.141. The van der Waals surface area contributed by atoms with Gasteiger partial charge in [0.25, 0.3) is 0 Å². The Bertz CT molecular complexity index is 283. The highest BCUT2D eigenvalue weighted by Gasteiger charge is 2.36. The van der Waals surface area contributed by atoms with E-state index < -0.39 is 11.9 Å². The van der Waals surface area contributed by atoms with Gasteiger partial charge in [0.15, 0.2) is 5.69 Å². The van der Waals surface area contributed by atoms with Crippen LogP contribution in [0.5, 0.6) is 5.88 Å². The highest BCUT2D eigenvalue weighted by Crippen LogP contribution is 2.37. The van der Waals surface area contributed by atoms with Crippen molar-refractivity contribution in [3.63, 3.8) is 0 Å². The minimum atomic E-state index is -4.44. The number of halogens is 4. The fourth-order valence-corrected chi connectivity index (χ4v) is 1.20. The Morgan fingerprint density at radius 3 is 2.33 bits per heavy atom. The van der Waals surface area contributed by atoms with Crippen LogP contribution in [0.3, 0.4) is 0 Å². The van der Waals surface area contributed by atoms with Gasteiger partial charge in [-0.1, -0.05) is 0 Å². The SMILES string of the molecule is COc1n[nH]c(C(F)(F)F)c1Br. The molecule has 0 aliphatic carbocycles. The summed E-state index contributed by atoms with van der Waals surface area (Å²) in [4.78, 5) is 0. The molecule has 0 aliphatic heterocycles. The first kappa shape index (κ1) is 9.37. The summed E-state index contributed by atoms with van der Waals surface area (Å²) in [6.07, 6.45) is -4.44. The van der Waals surface area contributed by atoms with Gasteiger partial charge in [-0.2, -0.15) is 13.2 Å². The van der Waals surface area contributed by atoms with Gasteiger partial charge in [-0.05, 0) is 15.9 Å². The molecule has 0 aromatic carbocycles. The molecule has 0 saturated carbocycles. The predicted molar refractivity (Wildman–Crippen MR) is 37.8 cm³/mol. The molecule has 0 bridgehead atoms. The number of hydrogen-bond donors (Lipinski definition) is 1. The molecule has 0 radical (unpaired) electrons. The van der Waals surface area contributed by atoms with E-state index in [2.05, 4.69) is 25.8 Å². The molecule has 0 atom stereocenters. The number of ether oxygens (including phenoxy) is 1. The van der Waals surface area contributed by atoms with E-state index in [9.17, 15) is 13.2 Å². The summed E-state index contributed by atoms with van der Waals surface area (Å²) in [5.41, 5.74) is -0.945. The van der Waals surface area contributed by atoms with Crippen LogP contribution < -0.4 is 4.74 Å². The van der Waals surface area contributed by atoms with Crippen molar-refractivity contribution in [1.82, 2.24) is 10.2 Å². The third kappa shape index (κ3) is 1.55. The molecule has 1 N–H and O–H groups in total. The van der Waals surface area contributed by atoms with Crippen molar-refractivity contribution in [2.45, 2.75) is 6.18 Å². The molecule has 0 saturated heterocycles. The Balaban J connectivity index is 3.11. The van der Waals surface area contributed by atoms with E-state index in [-0.39, 0.29) is 10.4 Å². The molecule has 7 heteroatoms. The topological polar surface area (TPSA) is 37.9 Å². The number of methoxy groups -OCH3 is 1. The van der Waals surface area contributed by atoms with E-state index in [1.165, 1.54) is 7.11 Å². The molecule has 68 valence electrons. The minimum Gasteiger partial charge on any atom is -0.479 e. The average Bonchev–Trinajstić information content (AvgIpc) is 2.29. The zero-order chi connectivity index (χ0) is 9.35. The van der Waals surface area contributed by atoms with Gasteiger partial charge in [-0.3, -0.25) is 5.10 Å². The Morgan fingerprint density at radius 1 is 1.50 bits per heavy atom. The fourth-order valence-electron chi connectivity index (χ4n) is 0.635. The van der Waals surface area contributed by atoms with Gasteiger partial charge in [0.2, 0.25) is 5.88 Å². The van der Waals surface area contributed by atoms with Crippen molar-refractivity contribution in [3.8, 4) is 5.88 Å². The van der Waals surface area contributed by atoms with Gasteiger partial charge in [-0.15, -0.1) is 5.10 Å². The third-order valence-corrected chi connectivity index (χ3v) is 1.89. The number of rotatable bonds is 1. The molecular formula is C5H4BrF3N2O. The first-order valence-corrected chi connectivity index (χ1v) is 3.61. The summed E-state index contributed by atoms with van der Waals surface area (Å²) in [6.45, 7) is 0. The van der Waals surface area contributed by atoms with Crippen molar-refractivity contribution >= 4 is 15.9 Å². The van der Waals surface area contributed by atoms with Crippen LogP contribution in [0.25, 0.3) is 0 Å². The average molecular weight is 245 g/mol. The largest absolute Gasteiger partial charge is 0.479 e. The van der Waals surface area contributed by atoms with E-state index in [1.54, 1.807) is 0 Å². The quantitative estimate of drug-likeness (QED) is 0.823. The highest BCUT2D eigenvalue weighted by atomic mass is 79.9. The molecule has 1 aromatic rings. The molecule has 0 fully saturated rings. The van der Waals surface area contributed by atoms with Crippen LogP contribution >= 0.6 is 15.9 Å². The molecule has 0 spiro atoms. The maximum Gasteiger partial charge on any atom is 0.434 e. The standard InChI is InChI=1S/C5H4BrF3N2O/c1-12-4-2(6)3(10-11-4)5(7,8)9/h1H3,(H,10,11). The maximum atomic E-state index is 12.0. The summed E-state index contributed by atoms with van der Waals surface area (Å²) < 4.78 is 40.4. The third-order valence-electron chi connectivity index (χ3n) is 1.15. The fraction of sp³-hybridized carbons (Fsp3) is 0.400. The van der Waals surface area contributed by atoms with Crippen molar-refractivity contribution < 1.29 is 17.9 Å². The second-order valence-electron chi connectivity index (χ2n) is 1.92. The van der Waals surface area contributed by atoms with Crippen LogP contribution in [0.15, 0.2) is 4.47 Å². The zero-order valence-electron chi connectivity index (χ0n) is 5.87. The number of alkyl halides is 3. The number of aromatic nitrogens is 2. The van der Waals surface area contributed by atoms with E-state index >= 15 is 0 Å². The second-order valence-corrected chi connectivity index (χ2v) is 2.71. The van der Waals surface area contributed by atoms with Crippen LogP contribution in [0.1, 0.15) is 5.69 Å². The smallest absolute Gasteiger partial charge is 0.434 e. The number of nitrogens with one attached hydrogen (secondary N) is 1. The Labute approximate surface area is 74.0 Å². The number of hydrogen-bond acceptors (Lipinski definition) is 2. The lowest BCUT2D eigenvalue weighted by Gasteiger charge is -2.02. The molecule has 1 rings (SSSR count). The Hall–Kier alpha value is -0.720. The van der Waals surface area contributed by atoms with E-state index in [1.807, 2.05) is 5.10 Å². The van der Waals surface area contributed by atoms with E-state index in [4.69, 9.17) is 0 Å². The molecule has 12 heavy (non-hydrogen) atoms. The monoisotopic (exact) mass is 244 g/mol. The maximum absolute atomic E-state index is 12.0. The predicted octanol–water partition coefficient (Wildman–Crippen LogP) is 2.20. The molecule has 3 nitrogen and oxygen atoms in total. The summed E-state index contributed by atoms with van der Waals surface area (Å²) in [5.74, 6) is -0.109. The van der Waals surface area contributed by atoms with Crippen LogP contribution in [-0.4, -0.2) is 17.3 Å². The van der Waals surface area contributed by atoms with Gasteiger partial charge in [0.1, 0.15) is 4.47 Å². The normalized spacial score (nSPS) is 11.8. The zero-order valence-corrected chi connectivity index (χ0v) is 7.45. The van der Waals surface area contributed by atoms with Crippen molar-refractivity contribution in [2.24, 2.45) is 0 Å². The van der Waals surface area contributed by atoms with Gasteiger partial charge in [0.05, 0.1) is 7.11 Å². The second kappa shape index (κ2) is 2.96. The first-order chi connectivity index (χ1) is 5.46. The number of nitrogens with zero attached hydrogens (tertiary/aromatic N) is 1. The van der Waals surface area contributed by atoms with Crippen LogP contribution in [0.2, 0.25) is 0 Å². The Morgan fingerprint density at radius 2 is 2.08 bits per heavy atom. The van der Waals surface area contributed by atoms with Gasteiger partial charge in [0, 0.05) is 0 Å². The molecule has 0 amide bonds. The van der Waals surface area contributed by atoms with Gasteiger partial charge >= 0.3 is 6.18 Å². The van der Waals surface area contributed by atoms with Gasteiger partial charge < -0.3 is 4.74 Å². The van der Waals surface area contributed by atoms with Gasteiger partial charge in [-0.25, -0.2) is 0 Å². The summed E-state index contributed by atoms with van der Waals surface area (Å²) in [6, 6.07) is 0. The van der Waals surface area contributed by atoms with Crippen LogP contribution in [-0.2, 0) is 6.18 Å². The van der Waals surface area contributed by atoms with E-state index in [0.29, 0.717) is 0 Å². The van der Waals surface area contributed by atoms with Crippen molar-refractivity contribution in [2.75, 3.05) is 7.11 Å². The highest BCUT2D eigenvalue weighted by molar-refractivity contribution is 9.10. The lowest BCUT2D eigenvalue weighted by Crippen LogP contribution is -2.06. The Kier molecular flexibility index (Phi) is 2.31. The summed E-state index contributed by atoms with van der Waals surface area (Å²) >= 11 is 2.71. The molecule has 1 heterocycles. The first-order valence-electron chi connectivity index (χ1n) is 2.82. The molecular weight excluding hydrogens is 241 g/mol. The van der Waals surface area contributed by atoms with Crippen molar-refractivity contribution in [3.05, 3.63) is 10.2 Å². The molecule has 0 aliphatic rings. The molecule has 0 unspecified atom stereocenters. The number of H-pyrrole nitrogens is 1. The minimum absolute atomic E-state index is 0.109. The summed E-state index contributed by atoms with van der Waals surface area (Å²) in [5, 5.41) is 5.10. The van der Waals surface area contributed by atoms with Crippen molar-refractivity contribution in [1.29, 1.82) is 0 Å². The number of aromatic amines is 1. The lowest BCUT2D eigenvalue weighted by atomic mass is 10.4. The van der Waals surface area contributed by atoms with Crippen LogP contribution in [0, 0.1) is 0 Å². The van der Waals surface area contributed by atoms with Crippen LogP contribution in [0.4, 0.5) is 13.2 Å². The summed E-state index contributed by atoms with van der Waals surface area (Å²) in [7, 11) is 1.24.